The van der Waals surface area contributed by atoms with Crippen molar-refractivity contribution in [2.45, 2.75) is 53.4 Å². The largest absolute Gasteiger partial charge is 0.381 e. The van der Waals surface area contributed by atoms with Crippen molar-refractivity contribution in [3.05, 3.63) is 0 Å². The van der Waals surface area contributed by atoms with E-state index in [0.717, 1.165) is 19.4 Å². The van der Waals surface area contributed by atoms with Crippen molar-refractivity contribution in [1.82, 2.24) is 10.6 Å². The van der Waals surface area contributed by atoms with Crippen LogP contribution in [0, 0.1) is 11.8 Å². The van der Waals surface area contributed by atoms with Crippen LogP contribution < -0.4 is 10.6 Å². The molecule has 0 aromatic carbocycles. The molecule has 0 saturated carbocycles. The third-order valence-electron chi connectivity index (χ3n) is 4.88. The number of carbonyl (C=O) groups is 2. The van der Waals surface area contributed by atoms with Crippen LogP contribution >= 0.6 is 0 Å². The smallest absolute Gasteiger partial charge is 0.222 e. The zero-order chi connectivity index (χ0) is 26.7. The Kier molecular flexibility index (Phi) is 25.8. The molecule has 10 heteroatoms. The van der Waals surface area contributed by atoms with E-state index >= 15 is 0 Å². The molecule has 0 heterocycles. The molecule has 0 aromatic heterocycles. The fraction of sp³-hybridized carbons (Fsp3) is 0.923. The summed E-state index contributed by atoms with van der Waals surface area (Å²) in [5.74, 6) is 1.12. The number of ether oxygens (including phenoxy) is 6. The molecule has 0 aromatic rings. The van der Waals surface area contributed by atoms with Crippen molar-refractivity contribution >= 4 is 11.8 Å². The van der Waals surface area contributed by atoms with Crippen LogP contribution in [0.2, 0.25) is 0 Å². The monoisotopic (exact) mass is 520 g/mol. The molecular formula is C26H52N2O8. The molecule has 0 aliphatic carbocycles. The third kappa shape index (κ3) is 28.9. The van der Waals surface area contributed by atoms with E-state index < -0.39 is 0 Å². The Bertz CT molecular complexity index is 506. The predicted octanol–water partition coefficient (Wildman–Crippen LogP) is 2.19. The van der Waals surface area contributed by atoms with Crippen LogP contribution in [-0.2, 0) is 38.0 Å². The highest BCUT2D eigenvalue weighted by molar-refractivity contribution is 5.76. The molecule has 214 valence electrons. The number of hydrogen-bond acceptors (Lipinski definition) is 8. The topological polar surface area (TPSA) is 114 Å². The van der Waals surface area contributed by atoms with Gasteiger partial charge in [-0.15, -0.1) is 0 Å². The van der Waals surface area contributed by atoms with Gasteiger partial charge in [0.25, 0.3) is 0 Å². The Morgan fingerprint density at radius 2 is 0.778 bits per heavy atom. The fourth-order valence-electron chi connectivity index (χ4n) is 2.64. The van der Waals surface area contributed by atoms with E-state index in [1.807, 2.05) is 0 Å². The molecule has 2 N–H and O–H groups in total. The van der Waals surface area contributed by atoms with Gasteiger partial charge >= 0.3 is 0 Å². The molecule has 0 bridgehead atoms. The Labute approximate surface area is 218 Å². The predicted molar refractivity (Wildman–Crippen MR) is 139 cm³/mol. The van der Waals surface area contributed by atoms with E-state index in [-0.39, 0.29) is 18.2 Å². The van der Waals surface area contributed by atoms with Gasteiger partial charge in [-0.25, -0.2) is 0 Å². The summed E-state index contributed by atoms with van der Waals surface area (Å²) < 4.78 is 32.6. The second-order valence-corrected chi connectivity index (χ2v) is 9.24. The standard InChI is InChI=1S/C26H52N2O8/c1-23(2)5-11-31-13-7-25(29)27-9-15-34-16-10-28-26(30)8-14-33-18-20-36-22-21-35-19-17-32-12-6-24(3)4/h23-24H,5-22H2,1-4H3,(H,27,29)(H,28,30). The number of amides is 2. The van der Waals surface area contributed by atoms with Crippen molar-refractivity contribution in [3.63, 3.8) is 0 Å². The average molecular weight is 521 g/mol. The maximum absolute atomic E-state index is 11.8. The SMILES string of the molecule is CC(C)CCOCCOCCOCCOCCC(=O)NCCOCCNC(=O)CCOCCC(C)C. The highest BCUT2D eigenvalue weighted by Gasteiger charge is 2.03. The summed E-state index contributed by atoms with van der Waals surface area (Å²) in [5.41, 5.74) is 0. The van der Waals surface area contributed by atoms with Crippen LogP contribution in [-0.4, -0.2) is 104 Å². The summed E-state index contributed by atoms with van der Waals surface area (Å²) in [7, 11) is 0. The Morgan fingerprint density at radius 3 is 1.17 bits per heavy atom. The lowest BCUT2D eigenvalue weighted by Gasteiger charge is -2.09. The van der Waals surface area contributed by atoms with Gasteiger partial charge in [-0.05, 0) is 24.7 Å². The Hall–Kier alpha value is -1.30. The summed E-state index contributed by atoms with van der Waals surface area (Å²) in [4.78, 5) is 23.4. The van der Waals surface area contributed by atoms with Gasteiger partial charge in [0.05, 0.1) is 66.1 Å². The van der Waals surface area contributed by atoms with Crippen LogP contribution in [0.15, 0.2) is 0 Å². The Morgan fingerprint density at radius 1 is 0.472 bits per heavy atom. The van der Waals surface area contributed by atoms with E-state index in [2.05, 4.69) is 38.3 Å². The molecular weight excluding hydrogens is 468 g/mol. The molecule has 0 spiro atoms. The van der Waals surface area contributed by atoms with Crippen molar-refractivity contribution in [2.24, 2.45) is 11.8 Å². The van der Waals surface area contributed by atoms with Crippen molar-refractivity contribution in [1.29, 1.82) is 0 Å². The molecule has 36 heavy (non-hydrogen) atoms. The first kappa shape index (κ1) is 34.7. The van der Waals surface area contributed by atoms with E-state index in [1.165, 1.54) is 0 Å². The number of carbonyl (C=O) groups excluding carboxylic acids is 2. The normalized spacial score (nSPS) is 11.4. The van der Waals surface area contributed by atoms with E-state index in [4.69, 9.17) is 28.4 Å². The minimum atomic E-state index is -0.0886. The van der Waals surface area contributed by atoms with Gasteiger partial charge in [0.2, 0.25) is 11.8 Å². The molecule has 2 amide bonds. The zero-order valence-corrected chi connectivity index (χ0v) is 23.1. The summed E-state index contributed by atoms with van der Waals surface area (Å²) in [6.45, 7) is 15.6. The molecule has 0 fully saturated rings. The minimum absolute atomic E-state index is 0.0480. The fourth-order valence-corrected chi connectivity index (χ4v) is 2.64. The minimum Gasteiger partial charge on any atom is -0.381 e. The van der Waals surface area contributed by atoms with Crippen molar-refractivity contribution < 1.29 is 38.0 Å². The van der Waals surface area contributed by atoms with Crippen molar-refractivity contribution in [2.75, 3.05) is 92.4 Å². The lowest BCUT2D eigenvalue weighted by atomic mass is 10.1. The van der Waals surface area contributed by atoms with Crippen LogP contribution in [0.1, 0.15) is 53.4 Å². The quantitative estimate of drug-likeness (QED) is 0.159. The molecule has 0 aliphatic rings. The van der Waals surface area contributed by atoms with Gasteiger partial charge in [-0.3, -0.25) is 9.59 Å². The molecule has 0 saturated heterocycles. The third-order valence-corrected chi connectivity index (χ3v) is 4.88. The van der Waals surface area contributed by atoms with E-state index in [1.54, 1.807) is 0 Å². The van der Waals surface area contributed by atoms with Gasteiger partial charge in [0.15, 0.2) is 0 Å². The highest BCUT2D eigenvalue weighted by Crippen LogP contribution is 1.99. The lowest BCUT2D eigenvalue weighted by Crippen LogP contribution is -2.31. The number of rotatable bonds is 27. The first-order valence-electron chi connectivity index (χ1n) is 13.4. The Balaban J connectivity index is 3.26. The maximum Gasteiger partial charge on any atom is 0.222 e. The zero-order valence-electron chi connectivity index (χ0n) is 23.1. The first-order chi connectivity index (χ1) is 17.4. The van der Waals surface area contributed by atoms with Gasteiger partial charge in [0, 0.05) is 39.1 Å². The first-order valence-corrected chi connectivity index (χ1v) is 13.4. The van der Waals surface area contributed by atoms with Crippen molar-refractivity contribution in [3.8, 4) is 0 Å². The maximum atomic E-state index is 11.8. The van der Waals surface area contributed by atoms with Gasteiger partial charge in [-0.1, -0.05) is 27.7 Å². The van der Waals surface area contributed by atoms with Crippen LogP contribution in [0.4, 0.5) is 0 Å². The molecule has 0 atom stereocenters. The molecule has 0 unspecified atom stereocenters. The highest BCUT2D eigenvalue weighted by atomic mass is 16.6. The van der Waals surface area contributed by atoms with Crippen LogP contribution in [0.25, 0.3) is 0 Å². The average Bonchev–Trinajstić information content (AvgIpc) is 2.83. The number of hydrogen-bond donors (Lipinski definition) is 2. The number of nitrogens with one attached hydrogen (secondary N) is 2. The molecule has 0 radical (unpaired) electrons. The molecule has 0 rings (SSSR count). The second-order valence-electron chi connectivity index (χ2n) is 9.24. The lowest BCUT2D eigenvalue weighted by molar-refractivity contribution is -0.123. The van der Waals surface area contributed by atoms with Gasteiger partial charge in [0.1, 0.15) is 0 Å². The molecule has 10 nitrogen and oxygen atoms in total. The second kappa shape index (κ2) is 26.8. The van der Waals surface area contributed by atoms with E-state index in [0.29, 0.717) is 104 Å². The van der Waals surface area contributed by atoms with Gasteiger partial charge in [-0.2, -0.15) is 0 Å². The summed E-state index contributed by atoms with van der Waals surface area (Å²) >= 11 is 0. The summed E-state index contributed by atoms with van der Waals surface area (Å²) in [6.07, 6.45) is 2.71. The van der Waals surface area contributed by atoms with Crippen LogP contribution in [0.3, 0.4) is 0 Å². The van der Waals surface area contributed by atoms with Gasteiger partial charge < -0.3 is 39.1 Å². The summed E-state index contributed by atoms with van der Waals surface area (Å²) in [5, 5.41) is 5.56. The van der Waals surface area contributed by atoms with Crippen LogP contribution in [0.5, 0.6) is 0 Å². The van der Waals surface area contributed by atoms with E-state index in [9.17, 15) is 9.59 Å². The summed E-state index contributed by atoms with van der Waals surface area (Å²) in [6, 6.07) is 0. The molecule has 0 aliphatic heterocycles.